The molecular weight excluding hydrogens is 436 g/mol. The molecule has 3 nitrogen and oxygen atoms in total. The molecule has 3 rings (SSSR count). The third-order valence-corrected chi connectivity index (χ3v) is 7.11. The van der Waals surface area contributed by atoms with E-state index in [2.05, 4.69) is 108 Å². The molecule has 0 aliphatic carbocycles. The molecule has 0 aromatic heterocycles. The monoisotopic (exact) mass is 480 g/mol. The number of hydrogen-bond donors (Lipinski definition) is 2. The number of thiocarbonyl (C=S) groups is 1. The molecule has 2 aromatic carbocycles. The Labute approximate surface area is 213 Å². The van der Waals surface area contributed by atoms with Gasteiger partial charge in [-0.25, -0.2) is 0 Å². The van der Waals surface area contributed by atoms with Crippen molar-refractivity contribution in [3.05, 3.63) is 70.8 Å². The number of hydrogen-bond acceptors (Lipinski definition) is 3. The summed E-state index contributed by atoms with van der Waals surface area (Å²) in [5, 5.41) is 7.52. The highest BCUT2D eigenvalue weighted by Gasteiger charge is 2.34. The summed E-state index contributed by atoms with van der Waals surface area (Å²) in [4.78, 5) is 0. The maximum absolute atomic E-state index is 6.10. The first-order valence-electron chi connectivity index (χ1n) is 12.9. The molecule has 2 aromatic rings. The summed E-state index contributed by atoms with van der Waals surface area (Å²) < 4.78 is 6.10. The highest BCUT2D eigenvalue weighted by Crippen LogP contribution is 2.35. The Bertz CT molecular complexity index is 865. The van der Waals surface area contributed by atoms with Gasteiger partial charge in [0, 0.05) is 31.5 Å². The van der Waals surface area contributed by atoms with Crippen molar-refractivity contribution in [2.45, 2.75) is 96.6 Å². The van der Waals surface area contributed by atoms with Gasteiger partial charge in [-0.2, -0.15) is 0 Å². The van der Waals surface area contributed by atoms with E-state index in [-0.39, 0.29) is 22.9 Å². The Hall–Kier alpha value is -1.91. The number of nitrogens with one attached hydrogen (secondary N) is 2. The largest absolute Gasteiger partial charge is 0.466 e. The minimum atomic E-state index is 0.0943. The molecule has 0 amide bonds. The fourth-order valence-electron chi connectivity index (χ4n) is 4.67. The molecule has 0 unspecified atom stereocenters. The van der Waals surface area contributed by atoms with Crippen molar-refractivity contribution in [1.29, 1.82) is 0 Å². The van der Waals surface area contributed by atoms with Crippen molar-refractivity contribution < 1.29 is 4.74 Å². The second kappa shape index (κ2) is 11.2. The molecule has 1 heterocycles. The Kier molecular flexibility index (Phi) is 8.81. The van der Waals surface area contributed by atoms with Gasteiger partial charge in [0.2, 0.25) is 0 Å². The highest BCUT2D eigenvalue weighted by atomic mass is 32.1. The number of ether oxygens (including phenoxy) is 1. The SMILES string of the molecule is CCCCNC(=S)O[C@H]1CN[C@H](C(c2ccc(C(C)(C)C)cc2)c2ccc(C(C)(C)C)cc2)C1. The first-order chi connectivity index (χ1) is 16.0. The van der Waals surface area contributed by atoms with Crippen LogP contribution in [0, 0.1) is 0 Å². The normalized spacial score (nSPS) is 18.8. The summed E-state index contributed by atoms with van der Waals surface area (Å²) in [5.41, 5.74) is 5.71. The van der Waals surface area contributed by atoms with E-state index in [0.29, 0.717) is 11.2 Å². The average Bonchev–Trinajstić information content (AvgIpc) is 3.21. The molecule has 0 spiro atoms. The van der Waals surface area contributed by atoms with Crippen LogP contribution in [0.15, 0.2) is 48.5 Å². The van der Waals surface area contributed by atoms with Crippen molar-refractivity contribution in [3.63, 3.8) is 0 Å². The second-order valence-corrected chi connectivity index (χ2v) is 12.2. The lowest BCUT2D eigenvalue weighted by molar-refractivity contribution is 0.201. The Balaban J connectivity index is 1.82. The van der Waals surface area contributed by atoms with E-state index in [1.54, 1.807) is 0 Å². The van der Waals surface area contributed by atoms with Crippen molar-refractivity contribution in [1.82, 2.24) is 10.6 Å². The van der Waals surface area contributed by atoms with Crippen LogP contribution in [0.1, 0.15) is 95.9 Å². The molecule has 186 valence electrons. The van der Waals surface area contributed by atoms with Gasteiger partial charge in [-0.3, -0.25) is 0 Å². The van der Waals surface area contributed by atoms with Crippen LogP contribution in [-0.2, 0) is 15.6 Å². The van der Waals surface area contributed by atoms with Crippen molar-refractivity contribution in [3.8, 4) is 0 Å². The van der Waals surface area contributed by atoms with Gasteiger partial charge in [-0.15, -0.1) is 0 Å². The smallest absolute Gasteiger partial charge is 0.256 e. The fourth-order valence-corrected chi connectivity index (χ4v) is 4.91. The zero-order valence-electron chi connectivity index (χ0n) is 22.2. The quantitative estimate of drug-likeness (QED) is 0.336. The van der Waals surface area contributed by atoms with E-state index in [1.165, 1.54) is 22.3 Å². The molecule has 1 aliphatic heterocycles. The van der Waals surface area contributed by atoms with Crippen LogP contribution in [0.25, 0.3) is 0 Å². The Morgan fingerprint density at radius 2 is 1.44 bits per heavy atom. The van der Waals surface area contributed by atoms with Gasteiger partial charge in [-0.1, -0.05) is 103 Å². The predicted molar refractivity (Wildman–Crippen MR) is 149 cm³/mol. The molecule has 1 aliphatic rings. The molecule has 0 saturated carbocycles. The third kappa shape index (κ3) is 7.05. The summed E-state index contributed by atoms with van der Waals surface area (Å²) >= 11 is 5.43. The average molecular weight is 481 g/mol. The fraction of sp³-hybridized carbons (Fsp3) is 0.567. The van der Waals surface area contributed by atoms with Gasteiger partial charge in [0.1, 0.15) is 6.10 Å². The topological polar surface area (TPSA) is 33.3 Å². The van der Waals surface area contributed by atoms with E-state index in [0.717, 1.165) is 32.4 Å². The molecule has 1 saturated heterocycles. The standard InChI is InChI=1S/C30H44N2OS/c1-8-9-18-31-28(34)33-25-19-26(32-20-25)27(21-10-14-23(15-11-21)29(2,3)4)22-12-16-24(17-13-22)30(5,6)7/h10-17,25-27,32H,8-9,18-20H2,1-7H3,(H,31,34)/t25-,26+/m1/s1. The third-order valence-electron chi connectivity index (χ3n) is 6.87. The molecular formula is C30H44N2OS. The second-order valence-electron chi connectivity index (χ2n) is 11.8. The molecule has 2 N–H and O–H groups in total. The minimum absolute atomic E-state index is 0.0943. The summed E-state index contributed by atoms with van der Waals surface area (Å²) in [5.74, 6) is 0.262. The zero-order chi connectivity index (χ0) is 24.9. The predicted octanol–water partition coefficient (Wildman–Crippen LogP) is 6.84. The van der Waals surface area contributed by atoms with Gasteiger partial charge < -0.3 is 15.4 Å². The number of benzene rings is 2. The van der Waals surface area contributed by atoms with Crippen LogP contribution < -0.4 is 10.6 Å². The number of unbranched alkanes of at least 4 members (excludes halogenated alkanes) is 1. The molecule has 0 bridgehead atoms. The minimum Gasteiger partial charge on any atom is -0.466 e. The molecule has 4 heteroatoms. The van der Waals surface area contributed by atoms with Gasteiger partial charge in [0.15, 0.2) is 0 Å². The van der Waals surface area contributed by atoms with E-state index < -0.39 is 0 Å². The summed E-state index contributed by atoms with van der Waals surface area (Å²) in [6.07, 6.45) is 3.28. The van der Waals surface area contributed by atoms with Gasteiger partial charge in [0.25, 0.3) is 5.17 Å². The molecule has 1 fully saturated rings. The maximum Gasteiger partial charge on any atom is 0.256 e. The lowest BCUT2D eigenvalue weighted by Crippen LogP contribution is -2.30. The van der Waals surface area contributed by atoms with E-state index >= 15 is 0 Å². The van der Waals surface area contributed by atoms with Crippen LogP contribution in [0.5, 0.6) is 0 Å². The molecule has 2 atom stereocenters. The molecule has 0 radical (unpaired) electrons. The molecule has 34 heavy (non-hydrogen) atoms. The van der Waals surface area contributed by atoms with Crippen LogP contribution in [-0.4, -0.2) is 30.4 Å². The first kappa shape index (κ1) is 26.7. The summed E-state index contributed by atoms with van der Waals surface area (Å²) in [6, 6.07) is 18.7. The van der Waals surface area contributed by atoms with Gasteiger partial charge >= 0.3 is 0 Å². The maximum atomic E-state index is 6.10. The van der Waals surface area contributed by atoms with Crippen LogP contribution in [0.3, 0.4) is 0 Å². The first-order valence-corrected chi connectivity index (χ1v) is 13.3. The highest BCUT2D eigenvalue weighted by molar-refractivity contribution is 7.80. The lowest BCUT2D eigenvalue weighted by Gasteiger charge is -2.27. The van der Waals surface area contributed by atoms with Crippen molar-refractivity contribution >= 4 is 17.4 Å². The number of rotatable bonds is 7. The lowest BCUT2D eigenvalue weighted by atomic mass is 9.80. The van der Waals surface area contributed by atoms with Crippen LogP contribution >= 0.6 is 12.2 Å². The van der Waals surface area contributed by atoms with Crippen LogP contribution in [0.2, 0.25) is 0 Å². The summed E-state index contributed by atoms with van der Waals surface area (Å²) in [7, 11) is 0. The van der Waals surface area contributed by atoms with E-state index in [1.807, 2.05) is 0 Å². The zero-order valence-corrected chi connectivity index (χ0v) is 23.0. The summed E-state index contributed by atoms with van der Waals surface area (Å²) in [6.45, 7) is 17.5. The van der Waals surface area contributed by atoms with E-state index in [4.69, 9.17) is 17.0 Å². The van der Waals surface area contributed by atoms with Crippen molar-refractivity contribution in [2.75, 3.05) is 13.1 Å². The van der Waals surface area contributed by atoms with Crippen molar-refractivity contribution in [2.24, 2.45) is 0 Å². The Morgan fingerprint density at radius 1 is 0.941 bits per heavy atom. The van der Waals surface area contributed by atoms with Gasteiger partial charge in [-0.05, 0) is 51.7 Å². The van der Waals surface area contributed by atoms with E-state index in [9.17, 15) is 0 Å². The van der Waals surface area contributed by atoms with Crippen LogP contribution in [0.4, 0.5) is 0 Å². The Morgan fingerprint density at radius 3 is 1.88 bits per heavy atom. The van der Waals surface area contributed by atoms with Gasteiger partial charge in [0.05, 0.1) is 0 Å².